The molecule has 15 heavy (non-hydrogen) atoms. The van der Waals surface area contributed by atoms with Gasteiger partial charge in [-0.3, -0.25) is 0 Å². The van der Waals surface area contributed by atoms with Gasteiger partial charge < -0.3 is 10.2 Å². The predicted octanol–water partition coefficient (Wildman–Crippen LogP) is 1.87. The van der Waals surface area contributed by atoms with Crippen LogP contribution >= 0.6 is 0 Å². The molecule has 0 spiro atoms. The molecule has 1 N–H and O–H groups in total. The smallest absolute Gasteiger partial charge is 0.316 e. The van der Waals surface area contributed by atoms with Crippen LogP contribution in [0.3, 0.4) is 0 Å². The zero-order valence-corrected chi connectivity index (χ0v) is 9.11. The molecule has 0 aliphatic carbocycles. The van der Waals surface area contributed by atoms with Crippen molar-refractivity contribution in [3.63, 3.8) is 0 Å². The normalized spacial score (nSPS) is 20.8. The van der Waals surface area contributed by atoms with E-state index in [1.807, 2.05) is 0 Å². The van der Waals surface area contributed by atoms with Gasteiger partial charge in [0.2, 0.25) is 0 Å². The van der Waals surface area contributed by atoms with Crippen molar-refractivity contribution in [1.29, 1.82) is 0 Å². The highest BCUT2D eigenvalue weighted by Gasteiger charge is 2.26. The monoisotopic (exact) mass is 224 g/mol. The van der Waals surface area contributed by atoms with E-state index in [-0.39, 0.29) is 6.54 Å². The number of piperidine rings is 1. The highest BCUT2D eigenvalue weighted by Crippen LogP contribution is 2.19. The number of rotatable bonds is 4. The molecule has 0 amide bonds. The maximum absolute atomic E-state index is 11.8. The molecule has 1 aliphatic rings. The summed E-state index contributed by atoms with van der Waals surface area (Å²) in [4.78, 5) is 2.26. The molecule has 1 rings (SSSR count). The molecule has 1 heterocycles. The minimum absolute atomic E-state index is 0.0514. The van der Waals surface area contributed by atoms with Gasteiger partial charge in [-0.05, 0) is 45.4 Å². The van der Waals surface area contributed by atoms with Gasteiger partial charge in [-0.2, -0.15) is 13.2 Å². The molecular weight excluding hydrogens is 205 g/mol. The van der Waals surface area contributed by atoms with Gasteiger partial charge in [0.25, 0.3) is 0 Å². The van der Waals surface area contributed by atoms with Crippen LogP contribution in [0.15, 0.2) is 0 Å². The maximum atomic E-state index is 11.8. The molecule has 0 saturated carbocycles. The second kappa shape index (κ2) is 5.70. The summed E-state index contributed by atoms with van der Waals surface area (Å²) in [6.45, 7) is 2.90. The molecule has 5 heteroatoms. The van der Waals surface area contributed by atoms with E-state index < -0.39 is 12.6 Å². The van der Waals surface area contributed by atoms with Gasteiger partial charge >= 0.3 is 6.18 Å². The van der Waals surface area contributed by atoms with Gasteiger partial charge in [0, 0.05) is 6.54 Å². The summed E-state index contributed by atoms with van der Waals surface area (Å²) in [6, 6.07) is 0. The van der Waals surface area contributed by atoms with Crippen molar-refractivity contribution >= 4 is 0 Å². The lowest BCUT2D eigenvalue weighted by Crippen LogP contribution is -2.35. The predicted molar refractivity (Wildman–Crippen MR) is 53.8 cm³/mol. The Morgan fingerprint density at radius 1 is 1.27 bits per heavy atom. The average Bonchev–Trinajstić information content (AvgIpc) is 2.14. The van der Waals surface area contributed by atoms with Crippen molar-refractivity contribution in [2.45, 2.75) is 25.4 Å². The van der Waals surface area contributed by atoms with Gasteiger partial charge in [-0.1, -0.05) is 0 Å². The summed E-state index contributed by atoms with van der Waals surface area (Å²) in [5.74, 6) is 0.550. The summed E-state index contributed by atoms with van der Waals surface area (Å²) < 4.78 is 35.5. The molecule has 2 nitrogen and oxygen atoms in total. The van der Waals surface area contributed by atoms with Gasteiger partial charge in [0.1, 0.15) is 0 Å². The topological polar surface area (TPSA) is 15.3 Å². The van der Waals surface area contributed by atoms with E-state index in [4.69, 9.17) is 0 Å². The number of nitrogens with zero attached hydrogens (tertiary/aromatic N) is 1. The van der Waals surface area contributed by atoms with Crippen LogP contribution in [0, 0.1) is 5.92 Å². The van der Waals surface area contributed by atoms with Crippen LogP contribution in [-0.4, -0.2) is 44.3 Å². The zero-order valence-electron chi connectivity index (χ0n) is 9.11. The first-order chi connectivity index (χ1) is 6.97. The molecule has 1 fully saturated rings. The Labute approximate surface area is 88.8 Å². The first-order valence-corrected chi connectivity index (χ1v) is 5.43. The first-order valence-electron chi connectivity index (χ1n) is 5.43. The highest BCUT2D eigenvalue weighted by atomic mass is 19.4. The molecule has 0 unspecified atom stereocenters. The van der Waals surface area contributed by atoms with Gasteiger partial charge in [-0.25, -0.2) is 0 Å². The lowest BCUT2D eigenvalue weighted by atomic mass is 9.97. The van der Waals surface area contributed by atoms with E-state index in [2.05, 4.69) is 17.3 Å². The van der Waals surface area contributed by atoms with Crippen molar-refractivity contribution < 1.29 is 13.2 Å². The average molecular weight is 224 g/mol. The number of nitrogens with one attached hydrogen (secondary N) is 1. The van der Waals surface area contributed by atoms with Crippen molar-refractivity contribution in [3.05, 3.63) is 0 Å². The molecule has 0 aromatic carbocycles. The molecule has 0 bridgehead atoms. The van der Waals surface area contributed by atoms with E-state index in [1.165, 1.54) is 0 Å². The fraction of sp³-hybridized carbons (Fsp3) is 1.00. The molecule has 1 saturated heterocycles. The highest BCUT2D eigenvalue weighted by molar-refractivity contribution is 4.71. The van der Waals surface area contributed by atoms with Crippen LogP contribution in [0.5, 0.6) is 0 Å². The molecular formula is C10H19F3N2. The Kier molecular flexibility index (Phi) is 4.86. The van der Waals surface area contributed by atoms with E-state index in [0.717, 1.165) is 32.5 Å². The molecule has 0 atom stereocenters. The Morgan fingerprint density at radius 2 is 1.87 bits per heavy atom. The van der Waals surface area contributed by atoms with Gasteiger partial charge in [0.05, 0.1) is 6.42 Å². The van der Waals surface area contributed by atoms with Gasteiger partial charge in [0.15, 0.2) is 0 Å². The SMILES string of the molecule is CN1CCC(CNCCC(F)(F)F)CC1. The van der Waals surface area contributed by atoms with Crippen LogP contribution in [-0.2, 0) is 0 Å². The quantitative estimate of drug-likeness (QED) is 0.733. The van der Waals surface area contributed by atoms with E-state index in [9.17, 15) is 13.2 Å². The van der Waals surface area contributed by atoms with Crippen LogP contribution in [0.4, 0.5) is 13.2 Å². The Hall–Kier alpha value is -0.290. The molecule has 1 aliphatic heterocycles. The number of likely N-dealkylation sites (tertiary alicyclic amines) is 1. The van der Waals surface area contributed by atoms with Crippen LogP contribution in [0.1, 0.15) is 19.3 Å². The summed E-state index contributed by atoms with van der Waals surface area (Å²) in [5, 5.41) is 2.89. The third-order valence-electron chi connectivity index (χ3n) is 2.86. The molecule has 90 valence electrons. The van der Waals surface area contributed by atoms with E-state index in [0.29, 0.717) is 5.92 Å². The Bertz CT molecular complexity index is 174. The lowest BCUT2D eigenvalue weighted by Gasteiger charge is -2.29. The summed E-state index contributed by atoms with van der Waals surface area (Å²) in [6.07, 6.45) is -2.57. The fourth-order valence-corrected chi connectivity index (χ4v) is 1.80. The Balaban J connectivity index is 2.01. The standard InChI is InChI=1S/C10H19F3N2/c1-15-6-2-9(3-7-15)8-14-5-4-10(11,12)13/h9,14H,2-8H2,1H3. The van der Waals surface area contributed by atoms with Crippen LogP contribution in [0.25, 0.3) is 0 Å². The van der Waals surface area contributed by atoms with Crippen molar-refractivity contribution in [2.24, 2.45) is 5.92 Å². The summed E-state index contributed by atoms with van der Waals surface area (Å²) >= 11 is 0. The summed E-state index contributed by atoms with van der Waals surface area (Å²) in [5.41, 5.74) is 0. The minimum Gasteiger partial charge on any atom is -0.316 e. The zero-order chi connectivity index (χ0) is 11.3. The van der Waals surface area contributed by atoms with Crippen LogP contribution < -0.4 is 5.32 Å². The lowest BCUT2D eigenvalue weighted by molar-refractivity contribution is -0.133. The molecule has 0 radical (unpaired) electrons. The third-order valence-corrected chi connectivity index (χ3v) is 2.86. The fourth-order valence-electron chi connectivity index (χ4n) is 1.80. The van der Waals surface area contributed by atoms with Gasteiger partial charge in [-0.15, -0.1) is 0 Å². The number of hydrogen-bond donors (Lipinski definition) is 1. The number of hydrogen-bond acceptors (Lipinski definition) is 2. The second-order valence-electron chi connectivity index (χ2n) is 4.32. The van der Waals surface area contributed by atoms with E-state index in [1.54, 1.807) is 0 Å². The Morgan fingerprint density at radius 3 is 2.40 bits per heavy atom. The summed E-state index contributed by atoms with van der Waals surface area (Å²) in [7, 11) is 2.08. The largest absolute Gasteiger partial charge is 0.390 e. The number of halogens is 3. The van der Waals surface area contributed by atoms with Crippen molar-refractivity contribution in [1.82, 2.24) is 10.2 Å². The second-order valence-corrected chi connectivity index (χ2v) is 4.32. The van der Waals surface area contributed by atoms with Crippen molar-refractivity contribution in [3.8, 4) is 0 Å². The number of alkyl halides is 3. The molecule has 0 aromatic rings. The molecule has 0 aromatic heterocycles. The van der Waals surface area contributed by atoms with Crippen molar-refractivity contribution in [2.75, 3.05) is 33.2 Å². The van der Waals surface area contributed by atoms with Crippen LogP contribution in [0.2, 0.25) is 0 Å². The van der Waals surface area contributed by atoms with E-state index >= 15 is 0 Å². The third kappa shape index (κ3) is 5.99. The minimum atomic E-state index is -4.03. The first kappa shape index (κ1) is 12.8. The maximum Gasteiger partial charge on any atom is 0.390 e.